The van der Waals surface area contributed by atoms with Crippen LogP contribution in [0.2, 0.25) is 0 Å². The molecule has 0 atom stereocenters. The van der Waals surface area contributed by atoms with Crippen molar-refractivity contribution in [3.05, 3.63) is 138 Å². The first-order valence-corrected chi connectivity index (χ1v) is 13.7. The first-order valence-electron chi connectivity index (χ1n) is 13.7. The standard InChI is InChI=1S/C37H27N3/c1-39-32-19-17-26-10-5-7-13-29(26)36(32)31(22-24-15-16-25-9-3-4-12-28(25)21-24)34(39)23-35-38-37-30-14-8-6-11-27(30)18-20-33(37)40(35)2/h3-23H,1-2H3/p+1/b31-22+. The molecule has 2 aliphatic rings. The molecule has 1 N–H and O–H groups in total. The summed E-state index contributed by atoms with van der Waals surface area (Å²) in [7, 11) is 4.32. The van der Waals surface area contributed by atoms with Gasteiger partial charge in [-0.1, -0.05) is 91.0 Å². The zero-order chi connectivity index (χ0) is 26.8. The zero-order valence-corrected chi connectivity index (χ0v) is 22.5. The molecular weight excluding hydrogens is 486 g/mol. The van der Waals surface area contributed by atoms with E-state index < -0.39 is 0 Å². The summed E-state index contributed by atoms with van der Waals surface area (Å²) in [5, 5.41) is 11.3. The highest BCUT2D eigenvalue weighted by Crippen LogP contribution is 2.44. The van der Waals surface area contributed by atoms with E-state index in [0.29, 0.717) is 0 Å². The molecule has 40 heavy (non-hydrogen) atoms. The molecule has 0 radical (unpaired) electrons. The maximum absolute atomic E-state index is 3.76. The predicted octanol–water partition coefficient (Wildman–Crippen LogP) is 8.82. The molecule has 2 aliphatic heterocycles. The number of nitrogens with one attached hydrogen (secondary N) is 1. The Morgan fingerprint density at radius 1 is 0.650 bits per heavy atom. The van der Waals surface area contributed by atoms with Gasteiger partial charge >= 0.3 is 0 Å². The third-order valence-electron chi connectivity index (χ3n) is 8.42. The summed E-state index contributed by atoms with van der Waals surface area (Å²) < 4.78 is 2.33. The van der Waals surface area contributed by atoms with Crippen molar-refractivity contribution in [3.63, 3.8) is 0 Å². The number of benzene rings is 6. The number of hydrogen-bond donors (Lipinski definition) is 1. The Balaban J connectivity index is 1.32. The molecule has 0 spiro atoms. The first kappa shape index (κ1) is 22.8. The molecule has 0 amide bonds. The van der Waals surface area contributed by atoms with Crippen LogP contribution in [0.25, 0.3) is 44.0 Å². The van der Waals surface area contributed by atoms with Crippen LogP contribution in [-0.4, -0.2) is 24.4 Å². The number of rotatable bonds is 2. The summed E-state index contributed by atoms with van der Waals surface area (Å²) in [4.78, 5) is 2.26. The summed E-state index contributed by atoms with van der Waals surface area (Å²) in [6.45, 7) is 0. The lowest BCUT2D eigenvalue weighted by Gasteiger charge is -2.13. The molecule has 6 aromatic carbocycles. The number of nitrogens with zero attached hydrogens (tertiary/aromatic N) is 2. The maximum atomic E-state index is 3.76. The zero-order valence-electron chi connectivity index (χ0n) is 22.5. The number of fused-ring (bicyclic) bond motifs is 7. The van der Waals surface area contributed by atoms with Crippen molar-refractivity contribution in [1.82, 2.24) is 0 Å². The van der Waals surface area contributed by atoms with Gasteiger partial charge in [-0.25, -0.2) is 0 Å². The van der Waals surface area contributed by atoms with Gasteiger partial charge in [-0.05, 0) is 56.8 Å². The molecular formula is C37H28N3+. The average molecular weight is 515 g/mol. The van der Waals surface area contributed by atoms with E-state index in [0.717, 1.165) is 11.5 Å². The van der Waals surface area contributed by atoms with Crippen molar-refractivity contribution >= 4 is 66.7 Å². The summed E-state index contributed by atoms with van der Waals surface area (Å²) in [5.41, 5.74) is 8.45. The molecule has 0 aromatic heterocycles. The summed E-state index contributed by atoms with van der Waals surface area (Å²) >= 11 is 0. The fourth-order valence-corrected chi connectivity index (χ4v) is 6.32. The van der Waals surface area contributed by atoms with Crippen molar-refractivity contribution in [2.45, 2.75) is 0 Å². The van der Waals surface area contributed by atoms with Gasteiger partial charge in [-0.2, -0.15) is 4.58 Å². The number of allylic oxidation sites excluding steroid dienone is 2. The van der Waals surface area contributed by atoms with E-state index in [1.54, 1.807) is 0 Å². The quantitative estimate of drug-likeness (QED) is 0.233. The van der Waals surface area contributed by atoms with E-state index in [4.69, 9.17) is 0 Å². The number of anilines is 2. The van der Waals surface area contributed by atoms with Crippen molar-refractivity contribution in [2.75, 3.05) is 24.3 Å². The molecule has 0 aliphatic carbocycles. The van der Waals surface area contributed by atoms with Crippen LogP contribution in [0.4, 0.5) is 17.1 Å². The molecule has 0 bridgehead atoms. The molecule has 8 rings (SSSR count). The lowest BCUT2D eigenvalue weighted by Crippen LogP contribution is -2.17. The van der Waals surface area contributed by atoms with Crippen molar-refractivity contribution in [1.29, 1.82) is 0 Å². The minimum Gasteiger partial charge on any atom is -0.339 e. The monoisotopic (exact) mass is 514 g/mol. The minimum absolute atomic E-state index is 1.06. The van der Waals surface area contributed by atoms with Crippen LogP contribution in [0, 0.1) is 0 Å². The Morgan fingerprint density at radius 2 is 1.30 bits per heavy atom. The molecule has 0 saturated carbocycles. The van der Waals surface area contributed by atoms with Crippen molar-refractivity contribution in [2.24, 2.45) is 0 Å². The van der Waals surface area contributed by atoms with Crippen LogP contribution >= 0.6 is 0 Å². The van der Waals surface area contributed by atoms with Crippen molar-refractivity contribution in [3.8, 4) is 0 Å². The van der Waals surface area contributed by atoms with E-state index in [1.165, 1.54) is 66.1 Å². The van der Waals surface area contributed by atoms with Crippen LogP contribution < -0.4 is 10.2 Å². The van der Waals surface area contributed by atoms with Gasteiger partial charge in [0.2, 0.25) is 11.4 Å². The largest absolute Gasteiger partial charge is 0.339 e. The lowest BCUT2D eigenvalue weighted by atomic mass is 9.94. The van der Waals surface area contributed by atoms with E-state index in [-0.39, 0.29) is 0 Å². The second kappa shape index (κ2) is 8.69. The normalized spacial score (nSPS) is 16.4. The maximum Gasteiger partial charge on any atom is 0.217 e. The van der Waals surface area contributed by atoms with Crippen LogP contribution in [0.3, 0.4) is 0 Å². The van der Waals surface area contributed by atoms with E-state index in [9.17, 15) is 0 Å². The predicted molar refractivity (Wildman–Crippen MR) is 171 cm³/mol. The van der Waals surface area contributed by atoms with Crippen LogP contribution in [0.15, 0.2) is 127 Å². The van der Waals surface area contributed by atoms with Crippen LogP contribution in [-0.2, 0) is 0 Å². The molecule has 6 aromatic rings. The molecule has 0 fully saturated rings. The highest BCUT2D eigenvalue weighted by atomic mass is 15.3. The summed E-state index contributed by atoms with van der Waals surface area (Å²) in [6.07, 6.45) is 4.65. The third-order valence-corrected chi connectivity index (χ3v) is 8.42. The smallest absolute Gasteiger partial charge is 0.217 e. The summed E-state index contributed by atoms with van der Waals surface area (Å²) in [5.74, 6) is 1.06. The van der Waals surface area contributed by atoms with Crippen LogP contribution in [0.5, 0.6) is 0 Å². The second-order valence-corrected chi connectivity index (χ2v) is 10.7. The molecule has 190 valence electrons. The van der Waals surface area contributed by atoms with Crippen LogP contribution in [0.1, 0.15) is 11.1 Å². The van der Waals surface area contributed by atoms with Gasteiger partial charge in [0.15, 0.2) is 0 Å². The molecule has 2 heterocycles. The van der Waals surface area contributed by atoms with Gasteiger partial charge in [0.1, 0.15) is 12.9 Å². The molecule has 3 heteroatoms. The van der Waals surface area contributed by atoms with Gasteiger partial charge in [0.05, 0.1) is 28.6 Å². The van der Waals surface area contributed by atoms with E-state index >= 15 is 0 Å². The highest BCUT2D eigenvalue weighted by molar-refractivity contribution is 6.36. The average Bonchev–Trinajstić information content (AvgIpc) is 3.46. The molecule has 0 unspecified atom stereocenters. The highest BCUT2D eigenvalue weighted by Gasteiger charge is 2.34. The number of hydrogen-bond acceptors (Lipinski definition) is 2. The summed E-state index contributed by atoms with van der Waals surface area (Å²) in [6, 6.07) is 41.5. The SMILES string of the molecule is CN1/C(=C/C2=[N+](C)c3ccc4ccccc4c3/C2=C/c2ccc3ccccc3c2)Nc2c1ccc1ccccc21. The molecule has 3 nitrogen and oxygen atoms in total. The topological polar surface area (TPSA) is 18.3 Å². The van der Waals surface area contributed by atoms with Crippen molar-refractivity contribution < 1.29 is 4.58 Å². The fraction of sp³-hybridized carbons (Fsp3) is 0.0541. The molecule has 0 saturated heterocycles. The minimum atomic E-state index is 1.06. The van der Waals surface area contributed by atoms with Gasteiger partial charge in [0.25, 0.3) is 0 Å². The van der Waals surface area contributed by atoms with Gasteiger partial charge in [-0.3, -0.25) is 0 Å². The Kier molecular flexibility index (Phi) is 4.95. The second-order valence-electron chi connectivity index (χ2n) is 10.7. The fourth-order valence-electron chi connectivity index (χ4n) is 6.32. The van der Waals surface area contributed by atoms with Gasteiger partial charge < -0.3 is 10.2 Å². The first-order chi connectivity index (χ1) is 19.7. The lowest BCUT2D eigenvalue weighted by molar-refractivity contribution is -0.399. The Labute approximate surface area is 233 Å². The van der Waals surface area contributed by atoms with Gasteiger partial charge in [0, 0.05) is 18.5 Å². The van der Waals surface area contributed by atoms with E-state index in [2.05, 4.69) is 156 Å². The Bertz CT molecular complexity index is 2110. The Hall–Kier alpha value is -5.15. The van der Waals surface area contributed by atoms with E-state index in [1.807, 2.05) is 0 Å². The third kappa shape index (κ3) is 3.41. The van der Waals surface area contributed by atoms with Gasteiger partial charge in [-0.15, -0.1) is 0 Å². The Morgan fingerprint density at radius 3 is 2.12 bits per heavy atom.